The molecule has 0 aliphatic rings. The van der Waals surface area contributed by atoms with E-state index >= 15 is 0 Å². The van der Waals surface area contributed by atoms with Gasteiger partial charge in [0.05, 0.1) is 12.3 Å². The first-order valence-corrected chi connectivity index (χ1v) is 11.6. The molecule has 0 aliphatic heterocycles. The van der Waals surface area contributed by atoms with E-state index in [2.05, 4.69) is 4.98 Å². The van der Waals surface area contributed by atoms with Gasteiger partial charge in [-0.3, -0.25) is 19.1 Å². The Hall–Kier alpha value is -2.97. The van der Waals surface area contributed by atoms with Crippen LogP contribution in [0.2, 0.25) is 5.02 Å². The van der Waals surface area contributed by atoms with Crippen LogP contribution in [0.4, 0.5) is 11.5 Å². The number of hydrogen-bond donors (Lipinski definition) is 2. The Kier molecular flexibility index (Phi) is 8.19. The number of nitrogens with zero attached hydrogens (tertiary/aromatic N) is 2. The van der Waals surface area contributed by atoms with Crippen molar-refractivity contribution in [1.82, 2.24) is 9.55 Å². The molecule has 0 bridgehead atoms. The monoisotopic (exact) mass is 472 g/mol. The number of nitrogen functional groups attached to an aromatic ring is 1. The zero-order valence-electron chi connectivity index (χ0n) is 17.7. The largest absolute Gasteiger partial charge is 0.383 e. The van der Waals surface area contributed by atoms with E-state index in [-0.39, 0.29) is 29.7 Å². The SMILES string of the molecule is CCCCN(C(=O)CSc1ccc(Cl)cc1)c1c(N)n(Cc2ccccc2)c(=O)[nH]c1=O. The molecule has 1 heterocycles. The number of rotatable bonds is 9. The number of halogens is 1. The van der Waals surface area contributed by atoms with Crippen molar-refractivity contribution in [1.29, 1.82) is 0 Å². The van der Waals surface area contributed by atoms with Crippen LogP contribution in [0.15, 0.2) is 69.1 Å². The van der Waals surface area contributed by atoms with Gasteiger partial charge in [0.25, 0.3) is 5.56 Å². The fraction of sp³-hybridized carbons (Fsp3) is 0.261. The van der Waals surface area contributed by atoms with Crippen molar-refractivity contribution in [3.63, 3.8) is 0 Å². The topological polar surface area (TPSA) is 101 Å². The molecule has 3 aromatic rings. The Labute approximate surface area is 195 Å². The van der Waals surface area contributed by atoms with Gasteiger partial charge in [-0.05, 0) is 36.2 Å². The zero-order chi connectivity index (χ0) is 23.1. The standard InChI is InChI=1S/C23H25ClN4O3S/c1-2-3-13-27(19(29)15-32-18-11-9-17(24)10-12-18)20-21(25)28(23(31)26-22(20)30)14-16-7-5-4-6-8-16/h4-12H,2-3,13-15,25H2,1H3,(H,26,30,31). The van der Waals surface area contributed by atoms with Crippen molar-refractivity contribution in [2.45, 2.75) is 31.2 Å². The van der Waals surface area contributed by atoms with Crippen molar-refractivity contribution in [3.8, 4) is 0 Å². The number of anilines is 2. The van der Waals surface area contributed by atoms with E-state index in [4.69, 9.17) is 17.3 Å². The molecule has 9 heteroatoms. The second-order valence-electron chi connectivity index (χ2n) is 7.21. The highest BCUT2D eigenvalue weighted by molar-refractivity contribution is 8.00. The first-order chi connectivity index (χ1) is 15.4. The predicted octanol–water partition coefficient (Wildman–Crippen LogP) is 3.75. The van der Waals surface area contributed by atoms with Crippen LogP contribution in [0.1, 0.15) is 25.3 Å². The fourth-order valence-corrected chi connectivity index (χ4v) is 4.09. The van der Waals surface area contributed by atoms with E-state index in [0.717, 1.165) is 16.9 Å². The maximum Gasteiger partial charge on any atom is 0.330 e. The van der Waals surface area contributed by atoms with Crippen molar-refractivity contribution < 1.29 is 4.79 Å². The van der Waals surface area contributed by atoms with Gasteiger partial charge in [-0.2, -0.15) is 0 Å². The molecule has 0 saturated carbocycles. The first-order valence-electron chi connectivity index (χ1n) is 10.3. The van der Waals surface area contributed by atoms with E-state index in [1.165, 1.54) is 21.2 Å². The molecular formula is C23H25ClN4O3S. The van der Waals surface area contributed by atoms with Gasteiger partial charge in [-0.15, -0.1) is 11.8 Å². The summed E-state index contributed by atoms with van der Waals surface area (Å²) >= 11 is 7.26. The lowest BCUT2D eigenvalue weighted by Gasteiger charge is -2.24. The molecule has 3 rings (SSSR count). The maximum absolute atomic E-state index is 13.1. The smallest absolute Gasteiger partial charge is 0.330 e. The third-order valence-electron chi connectivity index (χ3n) is 4.88. The van der Waals surface area contributed by atoms with Gasteiger partial charge in [-0.1, -0.05) is 55.3 Å². The number of benzene rings is 2. The van der Waals surface area contributed by atoms with Crippen LogP contribution in [-0.4, -0.2) is 27.8 Å². The minimum absolute atomic E-state index is 0.00990. The molecule has 0 saturated heterocycles. The van der Waals surface area contributed by atoms with E-state index < -0.39 is 11.2 Å². The number of thioether (sulfide) groups is 1. The van der Waals surface area contributed by atoms with E-state index in [1.54, 1.807) is 12.1 Å². The number of carbonyl (C=O) groups is 1. The highest BCUT2D eigenvalue weighted by Gasteiger charge is 2.24. The van der Waals surface area contributed by atoms with Crippen molar-refractivity contribution in [2.75, 3.05) is 22.9 Å². The van der Waals surface area contributed by atoms with Gasteiger partial charge in [-0.25, -0.2) is 4.79 Å². The van der Waals surface area contributed by atoms with E-state index in [0.29, 0.717) is 18.0 Å². The lowest BCUT2D eigenvalue weighted by atomic mass is 10.2. The molecule has 0 aliphatic carbocycles. The molecule has 3 N–H and O–H groups in total. The number of hydrogen-bond acceptors (Lipinski definition) is 5. The van der Waals surface area contributed by atoms with Crippen LogP contribution in [0.3, 0.4) is 0 Å². The second-order valence-corrected chi connectivity index (χ2v) is 8.69. The number of aromatic amines is 1. The minimum atomic E-state index is -0.669. The van der Waals surface area contributed by atoms with Crippen LogP contribution < -0.4 is 21.9 Å². The molecule has 32 heavy (non-hydrogen) atoms. The molecule has 2 aromatic carbocycles. The highest BCUT2D eigenvalue weighted by atomic mass is 35.5. The maximum atomic E-state index is 13.1. The quantitative estimate of drug-likeness (QED) is 0.462. The average molecular weight is 473 g/mol. The van der Waals surface area contributed by atoms with Crippen LogP contribution >= 0.6 is 23.4 Å². The lowest BCUT2D eigenvalue weighted by Crippen LogP contribution is -2.42. The van der Waals surface area contributed by atoms with Gasteiger partial charge >= 0.3 is 5.69 Å². The summed E-state index contributed by atoms with van der Waals surface area (Å²) in [5.41, 5.74) is 5.87. The summed E-state index contributed by atoms with van der Waals surface area (Å²) in [7, 11) is 0. The number of aromatic nitrogens is 2. The van der Waals surface area contributed by atoms with Crippen molar-refractivity contribution in [2.24, 2.45) is 0 Å². The summed E-state index contributed by atoms with van der Waals surface area (Å²) in [5, 5.41) is 0.616. The minimum Gasteiger partial charge on any atom is -0.383 e. The molecule has 1 aromatic heterocycles. The molecule has 0 spiro atoms. The summed E-state index contributed by atoms with van der Waals surface area (Å²) in [6, 6.07) is 16.5. The summed E-state index contributed by atoms with van der Waals surface area (Å²) in [5.74, 6) is -0.175. The van der Waals surface area contributed by atoms with Gasteiger partial charge in [0.2, 0.25) is 5.91 Å². The lowest BCUT2D eigenvalue weighted by molar-refractivity contribution is -0.116. The number of amides is 1. The highest BCUT2D eigenvalue weighted by Crippen LogP contribution is 2.24. The fourth-order valence-electron chi connectivity index (χ4n) is 3.19. The third-order valence-corrected chi connectivity index (χ3v) is 6.13. The molecule has 0 radical (unpaired) electrons. The number of H-pyrrole nitrogens is 1. The molecular weight excluding hydrogens is 448 g/mol. The Morgan fingerprint density at radius 2 is 1.81 bits per heavy atom. The van der Waals surface area contributed by atoms with E-state index in [9.17, 15) is 14.4 Å². The average Bonchev–Trinajstić information content (AvgIpc) is 2.79. The predicted molar refractivity (Wildman–Crippen MR) is 131 cm³/mol. The van der Waals surface area contributed by atoms with Crippen LogP contribution in [0, 0.1) is 0 Å². The molecule has 0 atom stereocenters. The normalized spacial score (nSPS) is 10.8. The van der Waals surface area contributed by atoms with Crippen LogP contribution in [0.25, 0.3) is 0 Å². The molecule has 0 unspecified atom stereocenters. The summed E-state index contributed by atoms with van der Waals surface area (Å²) in [6.07, 6.45) is 1.52. The van der Waals surface area contributed by atoms with Crippen LogP contribution in [-0.2, 0) is 11.3 Å². The van der Waals surface area contributed by atoms with Crippen LogP contribution in [0.5, 0.6) is 0 Å². The van der Waals surface area contributed by atoms with Crippen molar-refractivity contribution in [3.05, 3.63) is 86.0 Å². The number of nitrogens with one attached hydrogen (secondary N) is 1. The molecule has 168 valence electrons. The van der Waals surface area contributed by atoms with Crippen molar-refractivity contribution >= 4 is 40.8 Å². The first kappa shape index (κ1) is 23.7. The molecule has 7 nitrogen and oxygen atoms in total. The zero-order valence-corrected chi connectivity index (χ0v) is 19.3. The van der Waals surface area contributed by atoms with Gasteiger partial charge in [0.1, 0.15) is 5.82 Å². The molecule has 1 amide bonds. The Balaban J connectivity index is 1.92. The number of carbonyl (C=O) groups excluding carboxylic acids is 1. The Bertz CT molecular complexity index is 1180. The number of nitrogens with two attached hydrogens (primary N) is 1. The Morgan fingerprint density at radius 1 is 1.12 bits per heavy atom. The third kappa shape index (κ3) is 5.83. The number of unbranched alkanes of at least 4 members (excludes halogenated alkanes) is 1. The summed E-state index contributed by atoms with van der Waals surface area (Å²) in [4.78, 5) is 42.9. The van der Waals surface area contributed by atoms with Gasteiger partial charge < -0.3 is 10.6 Å². The molecule has 0 fully saturated rings. The van der Waals surface area contributed by atoms with E-state index in [1.807, 2.05) is 49.4 Å². The second kappa shape index (κ2) is 11.1. The van der Waals surface area contributed by atoms with Gasteiger partial charge in [0.15, 0.2) is 5.69 Å². The summed E-state index contributed by atoms with van der Waals surface area (Å²) in [6.45, 7) is 2.51. The Morgan fingerprint density at radius 3 is 2.47 bits per heavy atom. The summed E-state index contributed by atoms with van der Waals surface area (Å²) < 4.78 is 1.28. The van der Waals surface area contributed by atoms with Gasteiger partial charge in [0, 0.05) is 16.5 Å².